The minimum atomic E-state index is -0.133. The number of para-hydroxylation sites is 2. The summed E-state index contributed by atoms with van der Waals surface area (Å²) in [5, 5.41) is 7.07. The Morgan fingerprint density at radius 3 is 2.72 bits per heavy atom. The molecule has 2 aromatic carbocycles. The second kappa shape index (κ2) is 6.72. The largest absolute Gasteiger partial charge is 0.497 e. The summed E-state index contributed by atoms with van der Waals surface area (Å²) in [6.07, 6.45) is -0.133. The molecule has 1 aliphatic rings. The van der Waals surface area contributed by atoms with Crippen LogP contribution in [0.1, 0.15) is 0 Å². The zero-order valence-electron chi connectivity index (χ0n) is 13.6. The van der Waals surface area contributed by atoms with Crippen LogP contribution in [0.4, 0.5) is 6.01 Å². The van der Waals surface area contributed by atoms with Crippen LogP contribution < -0.4 is 19.5 Å². The molecule has 3 aromatic rings. The number of anilines is 1. The van der Waals surface area contributed by atoms with Gasteiger partial charge in [-0.1, -0.05) is 17.3 Å². The van der Waals surface area contributed by atoms with Gasteiger partial charge >= 0.3 is 6.01 Å². The fourth-order valence-corrected chi connectivity index (χ4v) is 2.52. The molecule has 1 atom stereocenters. The predicted molar refractivity (Wildman–Crippen MR) is 91.1 cm³/mol. The van der Waals surface area contributed by atoms with Crippen molar-refractivity contribution in [1.82, 2.24) is 10.1 Å². The van der Waals surface area contributed by atoms with Gasteiger partial charge in [-0.15, -0.1) is 0 Å². The molecule has 0 amide bonds. The van der Waals surface area contributed by atoms with Crippen LogP contribution in [0.15, 0.2) is 53.1 Å². The lowest BCUT2D eigenvalue weighted by atomic mass is 10.2. The molecule has 0 saturated carbocycles. The van der Waals surface area contributed by atoms with E-state index < -0.39 is 0 Å². The zero-order chi connectivity index (χ0) is 17.1. The Morgan fingerprint density at radius 2 is 1.92 bits per heavy atom. The Morgan fingerprint density at radius 1 is 1.12 bits per heavy atom. The smallest absolute Gasteiger partial charge is 0.321 e. The van der Waals surface area contributed by atoms with Crippen molar-refractivity contribution >= 4 is 6.01 Å². The maximum Gasteiger partial charge on any atom is 0.321 e. The van der Waals surface area contributed by atoms with Gasteiger partial charge in [0.1, 0.15) is 12.4 Å². The van der Waals surface area contributed by atoms with Crippen molar-refractivity contribution in [3.8, 4) is 28.6 Å². The Bertz CT molecular complexity index is 848. The lowest BCUT2D eigenvalue weighted by Gasteiger charge is -2.26. The van der Waals surface area contributed by atoms with E-state index in [9.17, 15) is 0 Å². The van der Waals surface area contributed by atoms with Gasteiger partial charge in [0.2, 0.25) is 5.82 Å². The van der Waals surface area contributed by atoms with Crippen molar-refractivity contribution in [1.29, 1.82) is 0 Å². The molecule has 1 aliphatic heterocycles. The van der Waals surface area contributed by atoms with Gasteiger partial charge in [-0.3, -0.25) is 0 Å². The van der Waals surface area contributed by atoms with E-state index in [1.54, 1.807) is 7.11 Å². The van der Waals surface area contributed by atoms with Crippen molar-refractivity contribution in [2.45, 2.75) is 6.10 Å². The summed E-state index contributed by atoms with van der Waals surface area (Å²) in [6, 6.07) is 15.4. The number of rotatable bonds is 5. The van der Waals surface area contributed by atoms with E-state index in [0.717, 1.165) is 22.8 Å². The van der Waals surface area contributed by atoms with E-state index >= 15 is 0 Å². The molecular formula is C18H17N3O4. The molecule has 4 rings (SSSR count). The molecule has 0 bridgehead atoms. The zero-order valence-corrected chi connectivity index (χ0v) is 13.6. The number of nitrogens with one attached hydrogen (secondary N) is 1. The van der Waals surface area contributed by atoms with Gasteiger partial charge in [-0.25, -0.2) is 0 Å². The molecule has 0 radical (unpaired) electrons. The first-order valence-electron chi connectivity index (χ1n) is 7.92. The van der Waals surface area contributed by atoms with E-state index in [1.165, 1.54) is 0 Å². The van der Waals surface area contributed by atoms with E-state index in [-0.39, 0.29) is 6.10 Å². The van der Waals surface area contributed by atoms with Crippen LogP contribution in [0.25, 0.3) is 11.4 Å². The van der Waals surface area contributed by atoms with Crippen molar-refractivity contribution in [3.05, 3.63) is 48.5 Å². The summed E-state index contributed by atoms with van der Waals surface area (Å²) in [7, 11) is 1.63. The fraction of sp³-hybridized carbons (Fsp3) is 0.222. The number of benzene rings is 2. The normalized spacial score (nSPS) is 15.6. The maximum absolute atomic E-state index is 5.88. The van der Waals surface area contributed by atoms with Crippen LogP contribution in [0, 0.1) is 0 Å². The molecule has 0 spiro atoms. The molecule has 0 saturated heterocycles. The van der Waals surface area contributed by atoms with E-state index in [0.29, 0.717) is 25.0 Å². The van der Waals surface area contributed by atoms with Crippen LogP contribution in [0.5, 0.6) is 17.2 Å². The van der Waals surface area contributed by atoms with E-state index in [2.05, 4.69) is 15.5 Å². The average molecular weight is 339 g/mol. The Balaban J connectivity index is 1.37. The summed E-state index contributed by atoms with van der Waals surface area (Å²) >= 11 is 0. The first-order chi connectivity index (χ1) is 12.3. The van der Waals surface area contributed by atoms with Crippen molar-refractivity contribution < 1.29 is 18.7 Å². The SMILES string of the molecule is COc1ccc(-c2noc(NCC3COc4ccccc4O3)n2)cc1. The summed E-state index contributed by atoms with van der Waals surface area (Å²) in [5.41, 5.74) is 0.851. The lowest BCUT2D eigenvalue weighted by Crippen LogP contribution is -2.35. The quantitative estimate of drug-likeness (QED) is 0.765. The maximum atomic E-state index is 5.88. The van der Waals surface area contributed by atoms with Gasteiger partial charge in [0.25, 0.3) is 0 Å². The Kier molecular flexibility index (Phi) is 4.12. The molecule has 0 fully saturated rings. The molecule has 2 heterocycles. The molecule has 1 aromatic heterocycles. The number of hydrogen-bond acceptors (Lipinski definition) is 7. The average Bonchev–Trinajstić information content (AvgIpc) is 3.15. The third-order valence-electron chi connectivity index (χ3n) is 3.82. The van der Waals surface area contributed by atoms with Gasteiger partial charge in [0.05, 0.1) is 13.7 Å². The Hall–Kier alpha value is -3.22. The highest BCUT2D eigenvalue weighted by molar-refractivity contribution is 5.56. The highest BCUT2D eigenvalue weighted by Gasteiger charge is 2.21. The first kappa shape index (κ1) is 15.3. The highest BCUT2D eigenvalue weighted by atomic mass is 16.6. The molecule has 0 aliphatic carbocycles. The van der Waals surface area contributed by atoms with Gasteiger partial charge in [-0.2, -0.15) is 4.98 Å². The Labute approximate surface area is 144 Å². The topological polar surface area (TPSA) is 78.6 Å². The number of aromatic nitrogens is 2. The minimum absolute atomic E-state index is 0.133. The lowest BCUT2D eigenvalue weighted by molar-refractivity contribution is 0.0993. The van der Waals surface area contributed by atoms with Crippen LogP contribution in [0.3, 0.4) is 0 Å². The van der Waals surface area contributed by atoms with Crippen molar-refractivity contribution in [2.75, 3.05) is 25.6 Å². The molecular weight excluding hydrogens is 322 g/mol. The number of fused-ring (bicyclic) bond motifs is 1. The predicted octanol–water partition coefficient (Wildman–Crippen LogP) is 3.00. The first-order valence-corrected chi connectivity index (χ1v) is 7.92. The van der Waals surface area contributed by atoms with Crippen LogP contribution in [-0.2, 0) is 0 Å². The van der Waals surface area contributed by atoms with Crippen LogP contribution >= 0.6 is 0 Å². The summed E-state index contributed by atoms with van der Waals surface area (Å²) in [5.74, 6) is 2.79. The van der Waals surface area contributed by atoms with Crippen molar-refractivity contribution in [3.63, 3.8) is 0 Å². The summed E-state index contributed by atoms with van der Waals surface area (Å²) in [4.78, 5) is 4.34. The van der Waals surface area contributed by atoms with Crippen molar-refractivity contribution in [2.24, 2.45) is 0 Å². The second-order valence-corrected chi connectivity index (χ2v) is 5.53. The summed E-state index contributed by atoms with van der Waals surface area (Å²) in [6.45, 7) is 0.960. The van der Waals surface area contributed by atoms with Gasteiger partial charge in [0.15, 0.2) is 17.6 Å². The summed E-state index contributed by atoms with van der Waals surface area (Å²) < 4.78 is 21.9. The molecule has 7 heteroatoms. The third-order valence-corrected chi connectivity index (χ3v) is 3.82. The van der Waals surface area contributed by atoms with E-state index in [4.69, 9.17) is 18.7 Å². The minimum Gasteiger partial charge on any atom is -0.497 e. The number of nitrogens with zero attached hydrogens (tertiary/aromatic N) is 2. The second-order valence-electron chi connectivity index (χ2n) is 5.53. The molecule has 1 N–H and O–H groups in total. The fourth-order valence-electron chi connectivity index (χ4n) is 2.52. The molecule has 25 heavy (non-hydrogen) atoms. The van der Waals surface area contributed by atoms with Gasteiger partial charge in [-0.05, 0) is 36.4 Å². The van der Waals surface area contributed by atoms with Crippen LogP contribution in [-0.4, -0.2) is 36.5 Å². The molecule has 1 unspecified atom stereocenters. The molecule has 7 nitrogen and oxygen atoms in total. The van der Waals surface area contributed by atoms with Gasteiger partial charge in [0, 0.05) is 5.56 Å². The number of methoxy groups -OCH3 is 1. The standard InChI is InChI=1S/C18H17N3O4/c1-22-13-8-6-12(7-9-13)17-20-18(25-21-17)19-10-14-11-23-15-4-2-3-5-16(15)24-14/h2-9,14H,10-11H2,1H3,(H,19,20,21). The van der Waals surface area contributed by atoms with Crippen LogP contribution in [0.2, 0.25) is 0 Å². The monoisotopic (exact) mass is 339 g/mol. The van der Waals surface area contributed by atoms with Gasteiger partial charge < -0.3 is 24.1 Å². The highest BCUT2D eigenvalue weighted by Crippen LogP contribution is 2.31. The number of ether oxygens (including phenoxy) is 3. The number of hydrogen-bond donors (Lipinski definition) is 1. The molecule has 128 valence electrons. The third kappa shape index (κ3) is 3.35. The van der Waals surface area contributed by atoms with E-state index in [1.807, 2.05) is 48.5 Å².